The van der Waals surface area contributed by atoms with E-state index in [2.05, 4.69) is 36.3 Å². The monoisotopic (exact) mass is 273 g/mol. The number of anilines is 1. The minimum Gasteiger partial charge on any atom is -0.508 e. The second-order valence-corrected chi connectivity index (χ2v) is 5.81. The van der Waals surface area contributed by atoms with Gasteiger partial charge < -0.3 is 10.4 Å². The highest BCUT2D eigenvalue weighted by atomic mass is 16.3. The number of H-pyrrole nitrogens is 1. The number of hydrogen-bond donors (Lipinski definition) is 3. The quantitative estimate of drug-likeness (QED) is 0.804. The summed E-state index contributed by atoms with van der Waals surface area (Å²) < 4.78 is 0. The lowest BCUT2D eigenvalue weighted by Crippen LogP contribution is -2.14. The summed E-state index contributed by atoms with van der Waals surface area (Å²) in [6.45, 7) is 6.22. The molecule has 0 radical (unpaired) electrons. The third-order valence-corrected chi connectivity index (χ3v) is 2.95. The highest BCUT2D eigenvalue weighted by molar-refractivity contribution is 5.91. The summed E-state index contributed by atoms with van der Waals surface area (Å²) in [7, 11) is 0. The average Bonchev–Trinajstić information content (AvgIpc) is 2.80. The van der Waals surface area contributed by atoms with Gasteiger partial charge in [-0.25, -0.2) is 0 Å². The molecule has 5 nitrogen and oxygen atoms in total. The maximum absolute atomic E-state index is 11.9. The number of nitrogens with zero attached hydrogens (tertiary/aromatic N) is 1. The van der Waals surface area contributed by atoms with Crippen LogP contribution >= 0.6 is 0 Å². The minimum absolute atomic E-state index is 0.0348. The van der Waals surface area contributed by atoms with E-state index in [1.165, 1.54) is 0 Å². The fourth-order valence-electron chi connectivity index (χ4n) is 1.76. The first kappa shape index (κ1) is 14.1. The first-order chi connectivity index (χ1) is 9.34. The Bertz CT molecular complexity index is 594. The zero-order valence-corrected chi connectivity index (χ0v) is 11.9. The minimum atomic E-state index is -0.136. The Morgan fingerprint density at radius 3 is 2.50 bits per heavy atom. The van der Waals surface area contributed by atoms with Crippen LogP contribution in [0.2, 0.25) is 0 Å². The SMILES string of the molecule is CC(C)(C)c1cc(NC(=O)Cc2ccc(O)cc2)n[nH]1. The summed E-state index contributed by atoms with van der Waals surface area (Å²) in [6, 6.07) is 8.42. The van der Waals surface area contributed by atoms with E-state index in [9.17, 15) is 9.90 Å². The van der Waals surface area contributed by atoms with Crippen molar-refractivity contribution in [2.75, 3.05) is 5.32 Å². The van der Waals surface area contributed by atoms with Crippen LogP contribution in [0.25, 0.3) is 0 Å². The van der Waals surface area contributed by atoms with Crippen LogP contribution in [0.5, 0.6) is 5.75 Å². The van der Waals surface area contributed by atoms with Crippen LogP contribution < -0.4 is 5.32 Å². The van der Waals surface area contributed by atoms with Crippen LogP contribution in [0.15, 0.2) is 30.3 Å². The molecule has 0 bridgehead atoms. The number of phenols is 1. The van der Waals surface area contributed by atoms with Crippen molar-refractivity contribution in [1.29, 1.82) is 0 Å². The number of benzene rings is 1. The Hall–Kier alpha value is -2.30. The number of hydrogen-bond acceptors (Lipinski definition) is 3. The molecule has 5 heteroatoms. The van der Waals surface area contributed by atoms with Crippen LogP contribution in [0, 0.1) is 0 Å². The molecule has 0 spiro atoms. The van der Waals surface area contributed by atoms with Gasteiger partial charge in [0.25, 0.3) is 0 Å². The van der Waals surface area contributed by atoms with Crippen molar-refractivity contribution in [1.82, 2.24) is 10.2 Å². The Balaban J connectivity index is 1.98. The molecule has 3 N–H and O–H groups in total. The van der Waals surface area contributed by atoms with Crippen molar-refractivity contribution >= 4 is 11.7 Å². The Morgan fingerprint density at radius 1 is 1.30 bits per heavy atom. The maximum atomic E-state index is 11.9. The Kier molecular flexibility index (Phi) is 3.79. The van der Waals surface area contributed by atoms with E-state index in [1.54, 1.807) is 24.3 Å². The van der Waals surface area contributed by atoms with E-state index in [1.807, 2.05) is 6.07 Å². The second kappa shape index (κ2) is 5.36. The standard InChI is InChI=1S/C15H19N3O2/c1-15(2,3)12-9-13(18-17-12)16-14(20)8-10-4-6-11(19)7-5-10/h4-7,9,19H,8H2,1-3H3,(H2,16,17,18,20). The lowest BCUT2D eigenvalue weighted by atomic mass is 9.92. The molecular weight excluding hydrogens is 254 g/mol. The van der Waals surface area contributed by atoms with E-state index < -0.39 is 0 Å². The third kappa shape index (κ3) is 3.60. The van der Waals surface area contributed by atoms with Crippen molar-refractivity contribution < 1.29 is 9.90 Å². The van der Waals surface area contributed by atoms with Crippen LogP contribution in [-0.4, -0.2) is 21.2 Å². The molecule has 0 aliphatic heterocycles. The number of nitrogens with one attached hydrogen (secondary N) is 2. The fourth-order valence-corrected chi connectivity index (χ4v) is 1.76. The third-order valence-electron chi connectivity index (χ3n) is 2.95. The molecule has 1 aromatic carbocycles. The van der Waals surface area contributed by atoms with Gasteiger partial charge in [-0.05, 0) is 17.7 Å². The lowest BCUT2D eigenvalue weighted by molar-refractivity contribution is -0.115. The van der Waals surface area contributed by atoms with Crippen LogP contribution in [0.4, 0.5) is 5.82 Å². The average molecular weight is 273 g/mol. The molecule has 1 heterocycles. The predicted molar refractivity (Wildman–Crippen MR) is 77.7 cm³/mol. The molecule has 106 valence electrons. The van der Waals surface area contributed by atoms with E-state index in [0.717, 1.165) is 11.3 Å². The summed E-state index contributed by atoms with van der Waals surface area (Å²) in [5.41, 5.74) is 1.77. The largest absolute Gasteiger partial charge is 0.508 e. The number of carbonyl (C=O) groups is 1. The number of aromatic nitrogens is 2. The smallest absolute Gasteiger partial charge is 0.229 e. The number of carbonyl (C=O) groups excluding carboxylic acids is 1. The van der Waals surface area contributed by atoms with E-state index in [4.69, 9.17) is 0 Å². The van der Waals surface area contributed by atoms with Crippen molar-refractivity contribution in [3.63, 3.8) is 0 Å². The summed E-state index contributed by atoms with van der Waals surface area (Å²) in [5.74, 6) is 0.581. The summed E-state index contributed by atoms with van der Waals surface area (Å²) in [4.78, 5) is 11.9. The zero-order chi connectivity index (χ0) is 14.8. The molecule has 0 unspecified atom stereocenters. The maximum Gasteiger partial charge on any atom is 0.229 e. The molecule has 2 aromatic rings. The van der Waals surface area contributed by atoms with Gasteiger partial charge in [0.15, 0.2) is 5.82 Å². The number of phenolic OH excluding ortho intramolecular Hbond substituents is 1. The van der Waals surface area contributed by atoms with Gasteiger partial charge in [-0.1, -0.05) is 32.9 Å². The van der Waals surface area contributed by atoms with Gasteiger partial charge in [-0.2, -0.15) is 5.10 Å². The van der Waals surface area contributed by atoms with Gasteiger partial charge in [-0.15, -0.1) is 0 Å². The molecule has 0 saturated heterocycles. The van der Waals surface area contributed by atoms with Crippen molar-refractivity contribution in [2.45, 2.75) is 32.6 Å². The van der Waals surface area contributed by atoms with Gasteiger partial charge in [-0.3, -0.25) is 9.89 Å². The normalized spacial score (nSPS) is 11.3. The molecular formula is C15H19N3O2. The van der Waals surface area contributed by atoms with Gasteiger partial charge in [0.2, 0.25) is 5.91 Å². The molecule has 0 saturated carbocycles. The first-order valence-electron chi connectivity index (χ1n) is 6.48. The van der Waals surface area contributed by atoms with Crippen molar-refractivity contribution in [3.8, 4) is 5.75 Å². The van der Waals surface area contributed by atoms with Gasteiger partial charge >= 0.3 is 0 Å². The van der Waals surface area contributed by atoms with Crippen LogP contribution in [-0.2, 0) is 16.6 Å². The Morgan fingerprint density at radius 2 is 1.95 bits per heavy atom. The topological polar surface area (TPSA) is 78.0 Å². The molecule has 1 aromatic heterocycles. The van der Waals surface area contributed by atoms with Crippen LogP contribution in [0.1, 0.15) is 32.0 Å². The van der Waals surface area contributed by atoms with Crippen molar-refractivity contribution in [2.24, 2.45) is 0 Å². The van der Waals surface area contributed by atoms with E-state index in [-0.39, 0.29) is 23.5 Å². The first-order valence-corrected chi connectivity index (χ1v) is 6.48. The van der Waals surface area contributed by atoms with Gasteiger partial charge in [0.05, 0.1) is 6.42 Å². The molecule has 20 heavy (non-hydrogen) atoms. The Labute approximate surface area is 118 Å². The molecule has 0 aliphatic rings. The van der Waals surface area contributed by atoms with E-state index >= 15 is 0 Å². The zero-order valence-electron chi connectivity index (χ0n) is 11.9. The fraction of sp³-hybridized carbons (Fsp3) is 0.333. The molecule has 0 fully saturated rings. The lowest BCUT2D eigenvalue weighted by Gasteiger charge is -2.14. The number of rotatable bonds is 3. The van der Waals surface area contributed by atoms with Crippen LogP contribution in [0.3, 0.4) is 0 Å². The van der Waals surface area contributed by atoms with E-state index in [0.29, 0.717) is 5.82 Å². The highest BCUT2D eigenvalue weighted by Gasteiger charge is 2.17. The molecule has 2 rings (SSSR count). The highest BCUT2D eigenvalue weighted by Crippen LogP contribution is 2.22. The summed E-state index contributed by atoms with van der Waals surface area (Å²) >= 11 is 0. The molecule has 0 aliphatic carbocycles. The van der Waals surface area contributed by atoms with Gasteiger partial charge in [0, 0.05) is 17.2 Å². The predicted octanol–water partition coefficient (Wildman–Crippen LogP) is 2.59. The number of amides is 1. The number of aromatic amines is 1. The molecule has 1 amide bonds. The molecule has 0 atom stereocenters. The summed E-state index contributed by atoms with van der Waals surface area (Å²) in [5, 5.41) is 19.0. The van der Waals surface area contributed by atoms with Crippen molar-refractivity contribution in [3.05, 3.63) is 41.6 Å². The second-order valence-electron chi connectivity index (χ2n) is 5.81. The summed E-state index contributed by atoms with van der Waals surface area (Å²) in [6.07, 6.45) is 0.248. The van der Waals surface area contributed by atoms with Gasteiger partial charge in [0.1, 0.15) is 5.75 Å². The number of aromatic hydroxyl groups is 1.